The fourth-order valence-corrected chi connectivity index (χ4v) is 3.43. The zero-order valence-electron chi connectivity index (χ0n) is 12.6. The Labute approximate surface area is 147 Å². The van der Waals surface area contributed by atoms with Gasteiger partial charge in [-0.25, -0.2) is 4.79 Å². The van der Waals surface area contributed by atoms with Gasteiger partial charge in [-0.15, -0.1) is 0 Å². The first kappa shape index (κ1) is 16.1. The van der Waals surface area contributed by atoms with Crippen molar-refractivity contribution in [2.24, 2.45) is 0 Å². The van der Waals surface area contributed by atoms with Gasteiger partial charge in [-0.2, -0.15) is 0 Å². The molecule has 0 aliphatic heterocycles. The molecular weight excluding hydrogens is 380 g/mol. The van der Waals surface area contributed by atoms with Gasteiger partial charge in [0.25, 0.3) is 0 Å². The minimum Gasteiger partial charge on any atom is -0.491 e. The number of benzene rings is 2. The smallest absolute Gasteiger partial charge is 0.329 e. The highest BCUT2D eigenvalue weighted by Gasteiger charge is 2.11. The van der Waals surface area contributed by atoms with Crippen LogP contribution in [-0.4, -0.2) is 15.7 Å². The Kier molecular flexibility index (Phi) is 4.78. The first-order valence-electron chi connectivity index (χ1n) is 7.37. The Morgan fingerprint density at radius 1 is 1.13 bits per heavy atom. The zero-order chi connectivity index (χ0) is 16.4. The van der Waals surface area contributed by atoms with E-state index in [9.17, 15) is 4.79 Å². The molecule has 0 atom stereocenters. The second-order valence-corrected chi connectivity index (χ2v) is 6.38. The van der Waals surface area contributed by atoms with E-state index in [1.54, 1.807) is 21.3 Å². The maximum absolute atomic E-state index is 12.5. The summed E-state index contributed by atoms with van der Waals surface area (Å²) in [5.74, 6) is 0.710. The van der Waals surface area contributed by atoms with E-state index in [0.29, 0.717) is 30.5 Å². The maximum atomic E-state index is 12.5. The second kappa shape index (κ2) is 6.81. The standard InChI is InChI=1S/C17H16BrClN2O2/c1-2-20-14-5-3-4-6-15(14)21(17(20)22)9-10-23-16-8-7-12(19)11-13(16)18/h3-8,11H,2,9-10H2,1H3. The number of para-hydroxylation sites is 2. The van der Waals surface area contributed by atoms with Crippen molar-refractivity contribution in [3.8, 4) is 5.75 Å². The average Bonchev–Trinajstić information content (AvgIpc) is 2.81. The minimum absolute atomic E-state index is 0.00697. The van der Waals surface area contributed by atoms with Gasteiger partial charge in [0.15, 0.2) is 0 Å². The quantitative estimate of drug-likeness (QED) is 0.645. The van der Waals surface area contributed by atoms with Crippen LogP contribution in [0, 0.1) is 0 Å². The number of hydrogen-bond acceptors (Lipinski definition) is 2. The van der Waals surface area contributed by atoms with Crippen molar-refractivity contribution in [2.45, 2.75) is 20.0 Å². The Bertz CT molecular complexity index is 901. The van der Waals surface area contributed by atoms with Crippen molar-refractivity contribution >= 4 is 38.6 Å². The summed E-state index contributed by atoms with van der Waals surface area (Å²) >= 11 is 9.34. The third-order valence-corrected chi connectivity index (χ3v) is 4.56. The molecule has 3 aromatic rings. The van der Waals surface area contributed by atoms with Crippen LogP contribution in [0.2, 0.25) is 5.02 Å². The van der Waals surface area contributed by atoms with Crippen molar-refractivity contribution in [3.63, 3.8) is 0 Å². The molecule has 0 saturated carbocycles. The summed E-state index contributed by atoms with van der Waals surface area (Å²) in [7, 11) is 0. The van der Waals surface area contributed by atoms with E-state index in [1.807, 2.05) is 37.3 Å². The third kappa shape index (κ3) is 3.16. The Morgan fingerprint density at radius 2 is 1.83 bits per heavy atom. The Morgan fingerprint density at radius 3 is 2.48 bits per heavy atom. The zero-order valence-corrected chi connectivity index (χ0v) is 15.0. The minimum atomic E-state index is -0.00697. The summed E-state index contributed by atoms with van der Waals surface area (Å²) in [6.07, 6.45) is 0. The average molecular weight is 396 g/mol. The lowest BCUT2D eigenvalue weighted by molar-refractivity contribution is 0.296. The van der Waals surface area contributed by atoms with Crippen molar-refractivity contribution in [1.29, 1.82) is 0 Å². The number of aromatic nitrogens is 2. The molecule has 1 heterocycles. The third-order valence-electron chi connectivity index (χ3n) is 3.71. The lowest BCUT2D eigenvalue weighted by atomic mass is 10.3. The predicted molar refractivity (Wildman–Crippen MR) is 96.5 cm³/mol. The fraction of sp³-hybridized carbons (Fsp3) is 0.235. The van der Waals surface area contributed by atoms with Crippen LogP contribution >= 0.6 is 27.5 Å². The first-order chi connectivity index (χ1) is 11.1. The second-order valence-electron chi connectivity index (χ2n) is 5.09. The van der Waals surface area contributed by atoms with Crippen LogP contribution in [0.1, 0.15) is 6.92 Å². The number of imidazole rings is 1. The highest BCUT2D eigenvalue weighted by atomic mass is 79.9. The Hall–Kier alpha value is -1.72. The molecule has 0 aliphatic rings. The summed E-state index contributed by atoms with van der Waals surface area (Å²) in [6.45, 7) is 3.51. The molecule has 3 rings (SSSR count). The van der Waals surface area contributed by atoms with E-state index in [2.05, 4.69) is 15.9 Å². The topological polar surface area (TPSA) is 36.2 Å². The monoisotopic (exact) mass is 394 g/mol. The molecule has 4 nitrogen and oxygen atoms in total. The molecule has 0 saturated heterocycles. The lowest BCUT2D eigenvalue weighted by Gasteiger charge is -2.09. The van der Waals surface area contributed by atoms with Gasteiger partial charge in [-0.3, -0.25) is 9.13 Å². The molecule has 0 N–H and O–H groups in total. The van der Waals surface area contributed by atoms with Crippen LogP contribution in [0.3, 0.4) is 0 Å². The summed E-state index contributed by atoms with van der Waals surface area (Å²) in [5, 5.41) is 0.645. The molecule has 23 heavy (non-hydrogen) atoms. The molecule has 0 aliphatic carbocycles. The predicted octanol–water partition coefficient (Wildman–Crippen LogP) is 4.32. The van der Waals surface area contributed by atoms with Crippen molar-refractivity contribution in [1.82, 2.24) is 9.13 Å². The molecular formula is C17H16BrClN2O2. The molecule has 0 amide bonds. The highest BCUT2D eigenvalue weighted by Crippen LogP contribution is 2.28. The van der Waals surface area contributed by atoms with E-state index in [1.165, 1.54) is 0 Å². The van der Waals surface area contributed by atoms with Crippen LogP contribution in [0.15, 0.2) is 51.7 Å². The number of aryl methyl sites for hydroxylation is 1. The van der Waals surface area contributed by atoms with E-state index in [-0.39, 0.29) is 5.69 Å². The Balaban J connectivity index is 1.82. The van der Waals surface area contributed by atoms with Crippen LogP contribution in [0.5, 0.6) is 5.75 Å². The highest BCUT2D eigenvalue weighted by molar-refractivity contribution is 9.10. The van der Waals surface area contributed by atoms with E-state index >= 15 is 0 Å². The van der Waals surface area contributed by atoms with Crippen LogP contribution < -0.4 is 10.4 Å². The number of ether oxygens (including phenoxy) is 1. The maximum Gasteiger partial charge on any atom is 0.329 e. The number of nitrogens with zero attached hydrogens (tertiary/aromatic N) is 2. The molecule has 0 spiro atoms. The van der Waals surface area contributed by atoms with E-state index < -0.39 is 0 Å². The summed E-state index contributed by atoms with van der Waals surface area (Å²) in [5.41, 5.74) is 1.87. The molecule has 6 heteroatoms. The normalized spacial score (nSPS) is 11.1. The van der Waals surface area contributed by atoms with Gasteiger partial charge in [0, 0.05) is 11.6 Å². The number of halogens is 2. The molecule has 0 fully saturated rings. The summed E-state index contributed by atoms with van der Waals surface area (Å²) in [6, 6.07) is 13.2. The number of fused-ring (bicyclic) bond motifs is 1. The molecule has 0 unspecified atom stereocenters. The van der Waals surface area contributed by atoms with E-state index in [4.69, 9.17) is 16.3 Å². The number of hydrogen-bond donors (Lipinski definition) is 0. The summed E-state index contributed by atoms with van der Waals surface area (Å²) in [4.78, 5) is 12.5. The molecule has 0 bridgehead atoms. The van der Waals surface area contributed by atoms with Crippen molar-refractivity contribution < 1.29 is 4.74 Å². The van der Waals surface area contributed by atoms with Crippen molar-refractivity contribution in [3.05, 3.63) is 62.4 Å². The van der Waals surface area contributed by atoms with Gasteiger partial charge < -0.3 is 4.74 Å². The molecule has 120 valence electrons. The fourth-order valence-electron chi connectivity index (χ4n) is 2.63. The van der Waals surface area contributed by atoms with Gasteiger partial charge in [-0.05, 0) is 53.2 Å². The van der Waals surface area contributed by atoms with Crippen LogP contribution in [0.4, 0.5) is 0 Å². The molecule has 1 aromatic heterocycles. The molecule has 0 radical (unpaired) electrons. The number of rotatable bonds is 5. The first-order valence-corrected chi connectivity index (χ1v) is 8.55. The van der Waals surface area contributed by atoms with Gasteiger partial charge in [0.05, 0.1) is 22.1 Å². The van der Waals surface area contributed by atoms with Crippen molar-refractivity contribution in [2.75, 3.05) is 6.61 Å². The largest absolute Gasteiger partial charge is 0.491 e. The van der Waals surface area contributed by atoms with Gasteiger partial charge in [0.2, 0.25) is 0 Å². The van der Waals surface area contributed by atoms with Gasteiger partial charge >= 0.3 is 5.69 Å². The molecule has 2 aromatic carbocycles. The van der Waals surface area contributed by atoms with E-state index in [0.717, 1.165) is 15.5 Å². The lowest BCUT2D eigenvalue weighted by Crippen LogP contribution is -2.25. The SMILES string of the molecule is CCn1c(=O)n(CCOc2ccc(Cl)cc2Br)c2ccccc21. The van der Waals surface area contributed by atoms with Gasteiger partial charge in [-0.1, -0.05) is 23.7 Å². The van der Waals surface area contributed by atoms with Crippen LogP contribution in [0.25, 0.3) is 11.0 Å². The van der Waals surface area contributed by atoms with Crippen LogP contribution in [-0.2, 0) is 13.1 Å². The summed E-state index contributed by atoms with van der Waals surface area (Å²) < 4.78 is 10.1. The van der Waals surface area contributed by atoms with Gasteiger partial charge in [0.1, 0.15) is 12.4 Å².